The fourth-order valence-electron chi connectivity index (χ4n) is 2.50. The van der Waals surface area contributed by atoms with Gasteiger partial charge in [-0.1, -0.05) is 26.8 Å². The maximum Gasteiger partial charge on any atom is 0.151 e. The summed E-state index contributed by atoms with van der Waals surface area (Å²) < 4.78 is 23.4. The van der Waals surface area contributed by atoms with Crippen molar-refractivity contribution in [2.45, 2.75) is 45.2 Å². The fourth-order valence-corrected chi connectivity index (χ4v) is 5.26. The molecule has 0 radical (unpaired) electrons. The van der Waals surface area contributed by atoms with Gasteiger partial charge in [0.1, 0.15) is 0 Å². The van der Waals surface area contributed by atoms with Gasteiger partial charge >= 0.3 is 0 Å². The minimum atomic E-state index is -2.86. The molecule has 1 unspecified atom stereocenters. The molecule has 21 heavy (non-hydrogen) atoms. The summed E-state index contributed by atoms with van der Waals surface area (Å²) in [4.78, 5) is 7.90. The zero-order valence-electron chi connectivity index (χ0n) is 13.0. The summed E-state index contributed by atoms with van der Waals surface area (Å²) in [5.74, 6) is 0.576. The van der Waals surface area contributed by atoms with Gasteiger partial charge in [-0.2, -0.15) is 0 Å². The van der Waals surface area contributed by atoms with Crippen LogP contribution in [-0.2, 0) is 21.8 Å². The van der Waals surface area contributed by atoms with Crippen LogP contribution in [0, 0.1) is 0 Å². The van der Waals surface area contributed by atoms with E-state index in [0.29, 0.717) is 12.3 Å². The maximum absolute atomic E-state index is 11.7. The highest BCUT2D eigenvalue weighted by atomic mass is 32.2. The Morgan fingerprint density at radius 2 is 2.24 bits per heavy atom. The molecule has 4 nitrogen and oxygen atoms in total. The molecule has 0 aliphatic carbocycles. The van der Waals surface area contributed by atoms with Crippen LogP contribution in [0.5, 0.6) is 0 Å². The van der Waals surface area contributed by atoms with E-state index in [9.17, 15) is 8.42 Å². The third kappa shape index (κ3) is 4.37. The van der Waals surface area contributed by atoms with E-state index in [2.05, 4.69) is 37.2 Å². The highest BCUT2D eigenvalue weighted by Crippen LogP contribution is 2.28. The highest BCUT2D eigenvalue weighted by Gasteiger charge is 2.32. The van der Waals surface area contributed by atoms with E-state index < -0.39 is 9.84 Å². The average molecular weight is 329 g/mol. The number of thiazole rings is 1. The van der Waals surface area contributed by atoms with E-state index in [-0.39, 0.29) is 17.2 Å². The predicted molar refractivity (Wildman–Crippen MR) is 88.5 cm³/mol. The van der Waals surface area contributed by atoms with Gasteiger partial charge in [-0.25, -0.2) is 13.4 Å². The third-order valence-corrected chi connectivity index (χ3v) is 6.80. The topological polar surface area (TPSA) is 50.3 Å². The van der Waals surface area contributed by atoms with Gasteiger partial charge in [0, 0.05) is 35.6 Å². The molecular formula is C15H24N2O2S2. The van der Waals surface area contributed by atoms with Gasteiger partial charge in [-0.15, -0.1) is 17.9 Å². The fraction of sp³-hybridized carbons (Fsp3) is 0.667. The van der Waals surface area contributed by atoms with E-state index in [1.165, 1.54) is 4.88 Å². The van der Waals surface area contributed by atoms with Gasteiger partial charge in [-0.3, -0.25) is 4.90 Å². The number of sulfone groups is 1. The van der Waals surface area contributed by atoms with Crippen molar-refractivity contribution in [1.82, 2.24) is 9.88 Å². The molecule has 1 aliphatic rings. The molecule has 0 N–H and O–H groups in total. The largest absolute Gasteiger partial charge is 0.291 e. The molecule has 6 heteroatoms. The monoisotopic (exact) mass is 328 g/mol. The van der Waals surface area contributed by atoms with E-state index in [1.807, 2.05) is 12.3 Å². The van der Waals surface area contributed by atoms with Crippen LogP contribution < -0.4 is 0 Å². The molecule has 1 atom stereocenters. The molecule has 118 valence electrons. The normalized spacial score (nSPS) is 21.8. The average Bonchev–Trinajstić information content (AvgIpc) is 2.94. The van der Waals surface area contributed by atoms with Crippen molar-refractivity contribution >= 4 is 21.2 Å². The molecule has 1 aliphatic heterocycles. The van der Waals surface area contributed by atoms with Crippen LogP contribution in [0.2, 0.25) is 0 Å². The van der Waals surface area contributed by atoms with Crippen LogP contribution in [0.1, 0.15) is 37.1 Å². The highest BCUT2D eigenvalue weighted by molar-refractivity contribution is 7.91. The summed E-state index contributed by atoms with van der Waals surface area (Å²) in [7, 11) is -2.86. The molecule has 1 aromatic rings. The predicted octanol–water partition coefficient (Wildman–Crippen LogP) is 2.62. The quantitative estimate of drug-likeness (QED) is 0.780. The van der Waals surface area contributed by atoms with E-state index in [1.54, 1.807) is 11.3 Å². The minimum absolute atomic E-state index is 0.0584. The van der Waals surface area contributed by atoms with Crippen molar-refractivity contribution in [3.8, 4) is 0 Å². The number of hydrogen-bond acceptors (Lipinski definition) is 5. The second kappa shape index (κ2) is 6.18. The first-order valence-corrected chi connectivity index (χ1v) is 9.85. The lowest BCUT2D eigenvalue weighted by molar-refractivity contribution is 0.228. The molecule has 1 aromatic heterocycles. The number of nitrogens with zero attached hydrogens (tertiary/aromatic N) is 2. The van der Waals surface area contributed by atoms with Crippen LogP contribution >= 0.6 is 11.3 Å². The Kier molecular flexibility index (Phi) is 4.90. The Morgan fingerprint density at radius 3 is 2.71 bits per heavy atom. The smallest absolute Gasteiger partial charge is 0.151 e. The van der Waals surface area contributed by atoms with Crippen LogP contribution in [0.4, 0.5) is 0 Å². The minimum Gasteiger partial charge on any atom is -0.291 e. The van der Waals surface area contributed by atoms with Gasteiger partial charge in [0.05, 0.1) is 16.5 Å². The molecule has 0 saturated carbocycles. The van der Waals surface area contributed by atoms with Crippen molar-refractivity contribution in [3.63, 3.8) is 0 Å². The van der Waals surface area contributed by atoms with Crippen molar-refractivity contribution in [2.24, 2.45) is 0 Å². The van der Waals surface area contributed by atoms with Crippen LogP contribution in [0.15, 0.2) is 18.9 Å². The Bertz CT molecular complexity index is 599. The Morgan fingerprint density at radius 1 is 1.52 bits per heavy atom. The van der Waals surface area contributed by atoms with Gasteiger partial charge in [-0.05, 0) is 6.42 Å². The Balaban J connectivity index is 2.10. The lowest BCUT2D eigenvalue weighted by Gasteiger charge is -2.26. The number of rotatable bonds is 5. The molecule has 0 bridgehead atoms. The van der Waals surface area contributed by atoms with Gasteiger partial charge in [0.25, 0.3) is 0 Å². The summed E-state index contributed by atoms with van der Waals surface area (Å²) in [5, 5.41) is 1.12. The second-order valence-electron chi connectivity index (χ2n) is 6.66. The SMILES string of the molecule is C=CCN(Cc1cnc(C(C)(C)C)s1)C1CCS(=O)(=O)C1. The lowest BCUT2D eigenvalue weighted by Crippen LogP contribution is -2.35. The van der Waals surface area contributed by atoms with E-state index >= 15 is 0 Å². The van der Waals surface area contributed by atoms with Gasteiger partial charge in [0.15, 0.2) is 9.84 Å². The summed E-state index contributed by atoms with van der Waals surface area (Å²) >= 11 is 1.72. The molecule has 0 spiro atoms. The molecule has 0 amide bonds. The third-order valence-electron chi connectivity index (χ3n) is 3.64. The Labute approximate surface area is 131 Å². The van der Waals surface area contributed by atoms with Gasteiger partial charge < -0.3 is 0 Å². The van der Waals surface area contributed by atoms with E-state index in [4.69, 9.17) is 0 Å². The Hall–Kier alpha value is -0.720. The maximum atomic E-state index is 11.7. The number of hydrogen-bond donors (Lipinski definition) is 0. The van der Waals surface area contributed by atoms with Crippen LogP contribution in [-0.4, -0.2) is 42.4 Å². The standard InChI is InChI=1S/C15H24N2O2S2/c1-5-7-17(12-6-8-21(18,19)11-12)10-13-9-16-14(20-13)15(2,3)4/h5,9,12H,1,6-8,10-11H2,2-4H3. The van der Waals surface area contributed by atoms with Crippen molar-refractivity contribution in [1.29, 1.82) is 0 Å². The van der Waals surface area contributed by atoms with Crippen molar-refractivity contribution < 1.29 is 8.42 Å². The molecule has 1 saturated heterocycles. The molecule has 0 aromatic carbocycles. The summed E-state index contributed by atoms with van der Waals surface area (Å²) in [5.41, 5.74) is 0.0584. The van der Waals surface area contributed by atoms with Crippen molar-refractivity contribution in [2.75, 3.05) is 18.1 Å². The zero-order valence-corrected chi connectivity index (χ0v) is 14.6. The van der Waals surface area contributed by atoms with Crippen LogP contribution in [0.25, 0.3) is 0 Å². The van der Waals surface area contributed by atoms with Crippen molar-refractivity contribution in [3.05, 3.63) is 28.7 Å². The first-order valence-electron chi connectivity index (χ1n) is 7.22. The van der Waals surface area contributed by atoms with E-state index in [0.717, 1.165) is 18.0 Å². The number of aromatic nitrogens is 1. The zero-order chi connectivity index (χ0) is 15.7. The molecule has 2 rings (SSSR count). The summed E-state index contributed by atoms with van der Waals surface area (Å²) in [6.45, 7) is 11.7. The summed E-state index contributed by atoms with van der Waals surface area (Å²) in [6.07, 6.45) is 4.49. The van der Waals surface area contributed by atoms with Gasteiger partial charge in [0.2, 0.25) is 0 Å². The second-order valence-corrected chi connectivity index (χ2v) is 10.0. The molecular weight excluding hydrogens is 304 g/mol. The molecule has 2 heterocycles. The summed E-state index contributed by atoms with van der Waals surface area (Å²) in [6, 6.07) is 0.105. The van der Waals surface area contributed by atoms with Crippen LogP contribution in [0.3, 0.4) is 0 Å². The first-order chi connectivity index (χ1) is 9.71. The lowest BCUT2D eigenvalue weighted by atomic mass is 9.98. The first kappa shape index (κ1) is 16.6. The molecule has 1 fully saturated rings.